The standard InChI is InChI=1S/C61H42N6/c62-59(45-25-13-4-14-26-45)66-60(46-27-15-5-16-28-46)63-41-51-37-50(55-40-54(44-23-11-3-12-24-44)64-61(65-55)47-29-17-6-18-30-47)33-34-56(51)67-57-35-31-48(42-19-7-1-8-20-42)38-52(57)53-39-49(32-36-58(53)67)43-21-9-2-10-22-43/h1-41,62H/b62-59?,63-41+,66-60-. The Bertz CT molecular complexity index is 3450. The van der Waals surface area contributed by atoms with Gasteiger partial charge in [0.2, 0.25) is 0 Å². The van der Waals surface area contributed by atoms with Gasteiger partial charge in [-0.2, -0.15) is 0 Å². The number of nitrogens with one attached hydrogen (secondary N) is 1. The number of rotatable bonds is 9. The molecule has 0 saturated heterocycles. The second kappa shape index (κ2) is 18.2. The Balaban J connectivity index is 1.15. The second-order valence-corrected chi connectivity index (χ2v) is 16.3. The third-order valence-electron chi connectivity index (χ3n) is 12.0. The van der Waals surface area contributed by atoms with Crippen molar-refractivity contribution in [2.45, 2.75) is 0 Å². The molecule has 2 heterocycles. The Hall–Kier alpha value is -9.13. The highest BCUT2D eigenvalue weighted by atomic mass is 15.0. The first kappa shape index (κ1) is 40.6. The van der Waals surface area contributed by atoms with Gasteiger partial charge in [0.15, 0.2) is 17.5 Å². The zero-order chi connectivity index (χ0) is 44.9. The summed E-state index contributed by atoms with van der Waals surface area (Å²) in [6.07, 6.45) is 1.88. The van der Waals surface area contributed by atoms with Crippen molar-refractivity contribution < 1.29 is 0 Å². The van der Waals surface area contributed by atoms with Crippen molar-refractivity contribution >= 4 is 39.7 Å². The minimum atomic E-state index is 0.124. The zero-order valence-electron chi connectivity index (χ0n) is 36.4. The van der Waals surface area contributed by atoms with Crippen LogP contribution in [0.4, 0.5) is 0 Å². The van der Waals surface area contributed by atoms with Crippen molar-refractivity contribution in [2.75, 3.05) is 0 Å². The normalized spacial score (nSPS) is 11.7. The number of amidine groups is 2. The number of hydrogen-bond acceptors (Lipinski definition) is 3. The quantitative estimate of drug-likeness (QED) is 0.116. The molecule has 0 radical (unpaired) electrons. The lowest BCUT2D eigenvalue weighted by Gasteiger charge is -2.15. The van der Waals surface area contributed by atoms with Crippen LogP contribution in [0.3, 0.4) is 0 Å². The van der Waals surface area contributed by atoms with Crippen molar-refractivity contribution in [2.24, 2.45) is 9.98 Å². The molecular weight excluding hydrogens is 817 g/mol. The number of benzene rings is 9. The highest BCUT2D eigenvalue weighted by Gasteiger charge is 2.19. The highest BCUT2D eigenvalue weighted by molar-refractivity contribution is 6.15. The van der Waals surface area contributed by atoms with E-state index < -0.39 is 0 Å². The van der Waals surface area contributed by atoms with E-state index in [4.69, 9.17) is 25.4 Å². The van der Waals surface area contributed by atoms with Crippen LogP contribution in [-0.4, -0.2) is 32.4 Å². The van der Waals surface area contributed by atoms with Crippen LogP contribution < -0.4 is 0 Å². The SMILES string of the molecule is N=C(/N=C(\N=C\c1cc(-c2cc(-c3ccccc3)nc(-c3ccccc3)n2)ccc1-n1c2ccc(-c3ccccc3)cc2c2cc(-c3ccccc3)ccc21)c1ccccc1)c1ccccc1. The number of hydrogen-bond donors (Lipinski definition) is 1. The van der Waals surface area contributed by atoms with Gasteiger partial charge in [0.05, 0.1) is 28.1 Å². The van der Waals surface area contributed by atoms with Gasteiger partial charge in [0.25, 0.3) is 0 Å². The molecule has 0 aliphatic heterocycles. The minimum Gasteiger partial charge on any atom is -0.309 e. The molecule has 0 bridgehead atoms. The topological polar surface area (TPSA) is 79.3 Å². The van der Waals surface area contributed by atoms with Gasteiger partial charge in [-0.05, 0) is 64.7 Å². The third kappa shape index (κ3) is 8.39. The van der Waals surface area contributed by atoms with Crippen LogP contribution >= 0.6 is 0 Å². The van der Waals surface area contributed by atoms with Crippen LogP contribution in [-0.2, 0) is 0 Å². The molecule has 0 fully saturated rings. The summed E-state index contributed by atoms with van der Waals surface area (Å²) in [6, 6.07) is 82.9. The average molecular weight is 859 g/mol. The Labute approximate surface area is 389 Å². The van der Waals surface area contributed by atoms with Crippen molar-refractivity contribution in [3.05, 3.63) is 259 Å². The predicted octanol–water partition coefficient (Wildman–Crippen LogP) is 14.8. The van der Waals surface area contributed by atoms with Crippen molar-refractivity contribution in [1.82, 2.24) is 14.5 Å². The highest BCUT2D eigenvalue weighted by Crippen LogP contribution is 2.39. The molecule has 0 amide bonds. The molecule has 2 aromatic heterocycles. The fourth-order valence-electron chi connectivity index (χ4n) is 8.64. The average Bonchev–Trinajstić information content (AvgIpc) is 3.73. The number of aromatic nitrogens is 3. The molecule has 316 valence electrons. The smallest absolute Gasteiger partial charge is 0.161 e. The van der Waals surface area contributed by atoms with Gasteiger partial charge in [-0.15, -0.1) is 0 Å². The molecule has 67 heavy (non-hydrogen) atoms. The van der Waals surface area contributed by atoms with E-state index in [2.05, 4.69) is 138 Å². The van der Waals surface area contributed by atoms with Crippen molar-refractivity contribution in [1.29, 1.82) is 5.41 Å². The van der Waals surface area contributed by atoms with Crippen LogP contribution in [0, 0.1) is 5.41 Å². The monoisotopic (exact) mass is 858 g/mol. The summed E-state index contributed by atoms with van der Waals surface area (Å²) in [7, 11) is 0. The minimum absolute atomic E-state index is 0.124. The molecule has 11 rings (SSSR count). The van der Waals surface area contributed by atoms with E-state index in [1.165, 1.54) is 0 Å². The maximum Gasteiger partial charge on any atom is 0.161 e. The van der Waals surface area contributed by atoms with E-state index in [1.807, 2.05) is 115 Å². The first-order valence-corrected chi connectivity index (χ1v) is 22.3. The van der Waals surface area contributed by atoms with Crippen molar-refractivity contribution in [3.63, 3.8) is 0 Å². The Kier molecular flexibility index (Phi) is 11.0. The predicted molar refractivity (Wildman–Crippen MR) is 277 cm³/mol. The van der Waals surface area contributed by atoms with E-state index in [0.29, 0.717) is 17.2 Å². The molecule has 0 unspecified atom stereocenters. The fourth-order valence-corrected chi connectivity index (χ4v) is 8.64. The van der Waals surface area contributed by atoms with Crippen LogP contribution in [0.2, 0.25) is 0 Å². The van der Waals surface area contributed by atoms with Gasteiger partial charge in [-0.1, -0.05) is 200 Å². The summed E-state index contributed by atoms with van der Waals surface area (Å²) < 4.78 is 2.34. The van der Waals surface area contributed by atoms with Gasteiger partial charge < -0.3 is 4.57 Å². The van der Waals surface area contributed by atoms with Gasteiger partial charge in [-0.3, -0.25) is 5.41 Å². The molecule has 0 spiro atoms. The summed E-state index contributed by atoms with van der Waals surface area (Å²) in [4.78, 5) is 20.3. The fraction of sp³-hybridized carbons (Fsp3) is 0. The van der Waals surface area contributed by atoms with Gasteiger partial charge >= 0.3 is 0 Å². The van der Waals surface area contributed by atoms with Gasteiger partial charge in [0, 0.05) is 50.4 Å². The Morgan fingerprint density at radius 1 is 0.403 bits per heavy atom. The second-order valence-electron chi connectivity index (χ2n) is 16.3. The number of fused-ring (bicyclic) bond motifs is 3. The molecule has 11 aromatic rings. The number of aliphatic imine (C=N–C) groups is 2. The Morgan fingerprint density at radius 2 is 0.851 bits per heavy atom. The molecule has 0 atom stereocenters. The number of nitrogens with zero attached hydrogens (tertiary/aromatic N) is 5. The molecular formula is C61H42N6. The van der Waals surface area contributed by atoms with E-state index in [0.717, 1.165) is 89.0 Å². The molecule has 0 aliphatic carbocycles. The van der Waals surface area contributed by atoms with E-state index >= 15 is 0 Å². The van der Waals surface area contributed by atoms with Crippen LogP contribution in [0.15, 0.2) is 253 Å². The van der Waals surface area contributed by atoms with E-state index in [-0.39, 0.29) is 5.84 Å². The van der Waals surface area contributed by atoms with Crippen molar-refractivity contribution in [3.8, 4) is 61.8 Å². The summed E-state index contributed by atoms with van der Waals surface area (Å²) in [5.41, 5.74) is 14.4. The largest absolute Gasteiger partial charge is 0.309 e. The van der Waals surface area contributed by atoms with Gasteiger partial charge in [-0.25, -0.2) is 20.0 Å². The maximum atomic E-state index is 9.04. The lowest BCUT2D eigenvalue weighted by atomic mass is 10.0. The summed E-state index contributed by atoms with van der Waals surface area (Å²) in [5.74, 6) is 1.19. The lowest BCUT2D eigenvalue weighted by molar-refractivity contribution is 1.16. The molecule has 6 heteroatoms. The molecule has 6 nitrogen and oxygen atoms in total. The van der Waals surface area contributed by atoms with Gasteiger partial charge in [0.1, 0.15) is 0 Å². The summed E-state index contributed by atoms with van der Waals surface area (Å²) in [5, 5.41) is 11.3. The Morgan fingerprint density at radius 3 is 1.39 bits per heavy atom. The summed E-state index contributed by atoms with van der Waals surface area (Å²) >= 11 is 0. The van der Waals surface area contributed by atoms with E-state index in [9.17, 15) is 0 Å². The van der Waals surface area contributed by atoms with Crippen LogP contribution in [0.1, 0.15) is 16.7 Å². The molecule has 9 aromatic carbocycles. The molecule has 0 saturated carbocycles. The van der Waals surface area contributed by atoms with E-state index in [1.54, 1.807) is 0 Å². The molecule has 0 aliphatic rings. The third-order valence-corrected chi connectivity index (χ3v) is 12.0. The lowest BCUT2D eigenvalue weighted by Crippen LogP contribution is -2.06. The summed E-state index contributed by atoms with van der Waals surface area (Å²) in [6.45, 7) is 0. The first-order valence-electron chi connectivity index (χ1n) is 22.3. The molecule has 1 N–H and O–H groups in total. The van der Waals surface area contributed by atoms with Crippen LogP contribution in [0.25, 0.3) is 83.6 Å². The first-order chi connectivity index (χ1) is 33.1. The maximum absolute atomic E-state index is 9.04. The zero-order valence-corrected chi connectivity index (χ0v) is 36.4. The van der Waals surface area contributed by atoms with Crippen LogP contribution in [0.5, 0.6) is 0 Å².